The fraction of sp³-hybridized carbons (Fsp3) is 0.308. The molecular formula is C13H16BrNO2. The van der Waals surface area contributed by atoms with Crippen LogP contribution in [-0.4, -0.2) is 24.2 Å². The molecule has 0 unspecified atom stereocenters. The van der Waals surface area contributed by atoms with E-state index in [1.807, 2.05) is 36.1 Å². The zero-order valence-corrected chi connectivity index (χ0v) is 11.4. The summed E-state index contributed by atoms with van der Waals surface area (Å²) in [5.74, 6) is -0.788. The SMILES string of the molecule is C=C(Br)CN(CCC(=O)O)c1ccccc1C. The van der Waals surface area contributed by atoms with E-state index in [2.05, 4.69) is 22.5 Å². The molecule has 0 aliphatic heterocycles. The Morgan fingerprint density at radius 1 is 1.47 bits per heavy atom. The minimum Gasteiger partial charge on any atom is -0.481 e. The van der Waals surface area contributed by atoms with Gasteiger partial charge in [0.25, 0.3) is 0 Å². The fourth-order valence-electron chi connectivity index (χ4n) is 1.64. The van der Waals surface area contributed by atoms with Crippen molar-refractivity contribution < 1.29 is 9.90 Å². The van der Waals surface area contributed by atoms with Crippen molar-refractivity contribution in [2.75, 3.05) is 18.0 Å². The first kappa shape index (κ1) is 13.8. The number of hydrogen-bond donors (Lipinski definition) is 1. The van der Waals surface area contributed by atoms with Gasteiger partial charge < -0.3 is 10.0 Å². The van der Waals surface area contributed by atoms with Crippen molar-refractivity contribution in [3.8, 4) is 0 Å². The van der Waals surface area contributed by atoms with Gasteiger partial charge in [0.05, 0.1) is 6.42 Å². The second-order valence-electron chi connectivity index (χ2n) is 3.87. The number of nitrogens with zero attached hydrogens (tertiary/aromatic N) is 1. The van der Waals surface area contributed by atoms with Crippen molar-refractivity contribution in [3.63, 3.8) is 0 Å². The molecule has 3 nitrogen and oxygen atoms in total. The van der Waals surface area contributed by atoms with Gasteiger partial charge in [0.15, 0.2) is 0 Å². The number of rotatable bonds is 6. The number of carboxylic acids is 1. The summed E-state index contributed by atoms with van der Waals surface area (Å²) in [5.41, 5.74) is 2.18. The molecule has 1 aromatic rings. The second-order valence-corrected chi connectivity index (χ2v) is 4.99. The normalized spacial score (nSPS) is 10.0. The summed E-state index contributed by atoms with van der Waals surface area (Å²) in [7, 11) is 0. The third-order valence-corrected chi connectivity index (χ3v) is 2.66. The summed E-state index contributed by atoms with van der Waals surface area (Å²) >= 11 is 3.32. The fourth-order valence-corrected chi connectivity index (χ4v) is 1.94. The molecule has 0 aromatic heterocycles. The van der Waals surface area contributed by atoms with Crippen molar-refractivity contribution in [1.82, 2.24) is 0 Å². The molecule has 0 aliphatic rings. The van der Waals surface area contributed by atoms with Crippen molar-refractivity contribution in [1.29, 1.82) is 0 Å². The maximum atomic E-state index is 10.6. The molecule has 0 atom stereocenters. The van der Waals surface area contributed by atoms with Gasteiger partial charge in [-0.25, -0.2) is 0 Å². The predicted molar refractivity (Wildman–Crippen MR) is 73.7 cm³/mol. The van der Waals surface area contributed by atoms with Crippen LogP contribution in [0.2, 0.25) is 0 Å². The van der Waals surface area contributed by atoms with Gasteiger partial charge in [0, 0.05) is 23.3 Å². The van der Waals surface area contributed by atoms with Gasteiger partial charge >= 0.3 is 5.97 Å². The van der Waals surface area contributed by atoms with Gasteiger partial charge in [0.1, 0.15) is 0 Å². The molecule has 0 radical (unpaired) electrons. The molecular weight excluding hydrogens is 282 g/mol. The molecule has 0 heterocycles. The number of para-hydroxylation sites is 1. The molecule has 0 fully saturated rings. The van der Waals surface area contributed by atoms with E-state index in [4.69, 9.17) is 5.11 Å². The number of aliphatic carboxylic acids is 1. The maximum absolute atomic E-state index is 10.6. The Labute approximate surface area is 110 Å². The summed E-state index contributed by atoms with van der Waals surface area (Å²) in [6.07, 6.45) is 0.120. The molecule has 1 rings (SSSR count). The second kappa shape index (κ2) is 6.45. The Hall–Kier alpha value is -1.29. The topological polar surface area (TPSA) is 40.5 Å². The lowest BCUT2D eigenvalue weighted by Crippen LogP contribution is -2.27. The molecule has 0 spiro atoms. The number of carboxylic acid groups (broad SMARTS) is 1. The largest absolute Gasteiger partial charge is 0.481 e. The lowest BCUT2D eigenvalue weighted by Gasteiger charge is -2.25. The quantitative estimate of drug-likeness (QED) is 0.877. The van der Waals surface area contributed by atoms with Crippen LogP contribution >= 0.6 is 15.9 Å². The van der Waals surface area contributed by atoms with Gasteiger partial charge in [-0.2, -0.15) is 0 Å². The molecule has 17 heavy (non-hydrogen) atoms. The molecule has 92 valence electrons. The molecule has 4 heteroatoms. The monoisotopic (exact) mass is 297 g/mol. The first-order chi connectivity index (χ1) is 8.00. The highest BCUT2D eigenvalue weighted by atomic mass is 79.9. The minimum absolute atomic E-state index is 0.120. The molecule has 0 saturated carbocycles. The summed E-state index contributed by atoms with van der Waals surface area (Å²) in [6.45, 7) is 6.91. The summed E-state index contributed by atoms with van der Waals surface area (Å²) < 4.78 is 0.839. The number of anilines is 1. The van der Waals surface area contributed by atoms with Crippen LogP contribution in [0.3, 0.4) is 0 Å². The van der Waals surface area contributed by atoms with Crippen LogP contribution < -0.4 is 4.90 Å². The Morgan fingerprint density at radius 2 is 2.12 bits per heavy atom. The highest BCUT2D eigenvalue weighted by molar-refractivity contribution is 9.11. The van der Waals surface area contributed by atoms with E-state index in [0.29, 0.717) is 13.1 Å². The summed E-state index contributed by atoms with van der Waals surface area (Å²) in [6, 6.07) is 7.93. The molecule has 0 bridgehead atoms. The number of benzene rings is 1. The predicted octanol–water partition coefficient (Wildman–Crippen LogP) is 3.18. The third-order valence-electron chi connectivity index (χ3n) is 2.41. The van der Waals surface area contributed by atoms with Crippen molar-refractivity contribution in [2.24, 2.45) is 0 Å². The van der Waals surface area contributed by atoms with Crippen molar-refractivity contribution in [3.05, 3.63) is 40.9 Å². The highest BCUT2D eigenvalue weighted by Crippen LogP contribution is 2.21. The van der Waals surface area contributed by atoms with Crippen LogP contribution in [0.4, 0.5) is 5.69 Å². The Bertz CT molecular complexity index is 418. The van der Waals surface area contributed by atoms with E-state index >= 15 is 0 Å². The Morgan fingerprint density at radius 3 is 2.65 bits per heavy atom. The van der Waals surface area contributed by atoms with E-state index < -0.39 is 5.97 Å². The number of halogens is 1. The Kier molecular flexibility index (Phi) is 5.22. The lowest BCUT2D eigenvalue weighted by molar-refractivity contribution is -0.136. The Balaban J connectivity index is 2.85. The summed E-state index contributed by atoms with van der Waals surface area (Å²) in [5, 5.41) is 8.75. The maximum Gasteiger partial charge on any atom is 0.305 e. The first-order valence-electron chi connectivity index (χ1n) is 5.36. The average Bonchev–Trinajstić information content (AvgIpc) is 2.24. The van der Waals surface area contributed by atoms with Crippen LogP contribution in [0, 0.1) is 6.92 Å². The zero-order chi connectivity index (χ0) is 12.8. The van der Waals surface area contributed by atoms with Gasteiger partial charge in [-0.05, 0) is 18.6 Å². The number of aryl methyl sites for hydroxylation is 1. The molecule has 0 amide bonds. The first-order valence-corrected chi connectivity index (χ1v) is 6.15. The highest BCUT2D eigenvalue weighted by Gasteiger charge is 2.11. The minimum atomic E-state index is -0.788. The van der Waals surface area contributed by atoms with E-state index in [0.717, 1.165) is 15.7 Å². The van der Waals surface area contributed by atoms with Crippen LogP contribution in [0.15, 0.2) is 35.3 Å². The smallest absolute Gasteiger partial charge is 0.305 e. The third kappa shape index (κ3) is 4.61. The van der Waals surface area contributed by atoms with Crippen LogP contribution in [0.25, 0.3) is 0 Å². The van der Waals surface area contributed by atoms with Crippen LogP contribution in [0.1, 0.15) is 12.0 Å². The van der Waals surface area contributed by atoms with E-state index in [9.17, 15) is 4.79 Å². The van der Waals surface area contributed by atoms with Crippen molar-refractivity contribution >= 4 is 27.6 Å². The molecule has 0 saturated heterocycles. The molecule has 0 aliphatic carbocycles. The van der Waals surface area contributed by atoms with Gasteiger partial charge in [-0.1, -0.05) is 40.7 Å². The number of carbonyl (C=O) groups is 1. The van der Waals surface area contributed by atoms with Gasteiger partial charge in [-0.3, -0.25) is 4.79 Å². The summed E-state index contributed by atoms with van der Waals surface area (Å²) in [4.78, 5) is 12.7. The van der Waals surface area contributed by atoms with E-state index in [1.165, 1.54) is 0 Å². The lowest BCUT2D eigenvalue weighted by atomic mass is 10.1. The zero-order valence-electron chi connectivity index (χ0n) is 9.82. The molecule has 1 N–H and O–H groups in total. The number of hydrogen-bond acceptors (Lipinski definition) is 2. The van der Waals surface area contributed by atoms with Gasteiger partial charge in [0.2, 0.25) is 0 Å². The van der Waals surface area contributed by atoms with Gasteiger partial charge in [-0.15, -0.1) is 0 Å². The standard InChI is InChI=1S/C13H16BrNO2/c1-10-5-3-4-6-12(10)15(9-11(2)14)8-7-13(16)17/h3-6H,2,7-9H2,1H3,(H,16,17). The van der Waals surface area contributed by atoms with E-state index in [-0.39, 0.29) is 6.42 Å². The average molecular weight is 298 g/mol. The van der Waals surface area contributed by atoms with Crippen molar-refractivity contribution in [2.45, 2.75) is 13.3 Å². The van der Waals surface area contributed by atoms with Crippen LogP contribution in [0.5, 0.6) is 0 Å². The van der Waals surface area contributed by atoms with Crippen LogP contribution in [-0.2, 0) is 4.79 Å². The van der Waals surface area contributed by atoms with E-state index in [1.54, 1.807) is 0 Å². The molecule has 1 aromatic carbocycles.